The van der Waals surface area contributed by atoms with Crippen LogP contribution >= 0.6 is 11.6 Å². The van der Waals surface area contributed by atoms with Crippen LogP contribution in [0, 0.1) is 0 Å². The SMILES string of the molecule is CC(C)c1oc(CC(=O)O)nc1Cl. The molecule has 5 heteroatoms. The smallest absolute Gasteiger partial charge is 0.312 e. The maximum absolute atomic E-state index is 10.3. The second-order valence-electron chi connectivity index (χ2n) is 2.99. The van der Waals surface area contributed by atoms with E-state index in [2.05, 4.69) is 4.98 Å². The van der Waals surface area contributed by atoms with Crippen molar-refractivity contribution in [2.75, 3.05) is 0 Å². The van der Waals surface area contributed by atoms with Gasteiger partial charge in [0.25, 0.3) is 0 Å². The van der Waals surface area contributed by atoms with Gasteiger partial charge in [0, 0.05) is 5.92 Å². The molecular weight excluding hydrogens is 194 g/mol. The molecule has 0 atom stereocenters. The number of carboxylic acids is 1. The maximum Gasteiger partial charge on any atom is 0.312 e. The molecule has 1 rings (SSSR count). The van der Waals surface area contributed by atoms with E-state index < -0.39 is 5.97 Å². The Bertz CT molecular complexity index is 319. The summed E-state index contributed by atoms with van der Waals surface area (Å²) in [5, 5.41) is 8.72. The Morgan fingerprint density at radius 2 is 2.31 bits per heavy atom. The van der Waals surface area contributed by atoms with Gasteiger partial charge in [-0.3, -0.25) is 4.79 Å². The number of halogens is 1. The molecule has 0 aliphatic heterocycles. The van der Waals surface area contributed by atoms with Crippen molar-refractivity contribution in [2.45, 2.75) is 26.2 Å². The van der Waals surface area contributed by atoms with Crippen LogP contribution in [0.2, 0.25) is 5.15 Å². The lowest BCUT2D eigenvalue weighted by molar-refractivity contribution is -0.136. The first-order valence-electron chi connectivity index (χ1n) is 3.87. The summed E-state index contributed by atoms with van der Waals surface area (Å²) in [5.74, 6) is -0.171. The minimum Gasteiger partial charge on any atom is -0.481 e. The molecule has 0 aliphatic rings. The maximum atomic E-state index is 10.3. The number of aromatic nitrogens is 1. The number of hydrogen-bond donors (Lipinski definition) is 1. The standard InChI is InChI=1S/C8H10ClNO3/c1-4(2)7-8(9)10-5(13-7)3-6(11)12/h4H,3H2,1-2H3,(H,11,12). The van der Waals surface area contributed by atoms with E-state index in [4.69, 9.17) is 21.1 Å². The Kier molecular flexibility index (Phi) is 2.93. The highest BCUT2D eigenvalue weighted by Crippen LogP contribution is 2.24. The van der Waals surface area contributed by atoms with Crippen molar-refractivity contribution < 1.29 is 14.3 Å². The number of carbonyl (C=O) groups is 1. The Balaban J connectivity index is 2.88. The van der Waals surface area contributed by atoms with E-state index in [1.807, 2.05) is 13.8 Å². The summed E-state index contributed by atoms with van der Waals surface area (Å²) in [6, 6.07) is 0. The van der Waals surface area contributed by atoms with Gasteiger partial charge in [-0.1, -0.05) is 25.4 Å². The van der Waals surface area contributed by atoms with Crippen molar-refractivity contribution in [3.8, 4) is 0 Å². The van der Waals surface area contributed by atoms with Gasteiger partial charge in [0.1, 0.15) is 12.2 Å². The summed E-state index contributed by atoms with van der Waals surface area (Å²) in [5.41, 5.74) is 0. The second-order valence-corrected chi connectivity index (χ2v) is 3.35. The third kappa shape index (κ3) is 2.45. The first-order chi connectivity index (χ1) is 6.00. The minimum absolute atomic E-state index is 0.113. The van der Waals surface area contributed by atoms with Crippen LogP contribution in [0.5, 0.6) is 0 Å². The minimum atomic E-state index is -0.978. The first-order valence-corrected chi connectivity index (χ1v) is 4.25. The highest BCUT2D eigenvalue weighted by atomic mass is 35.5. The van der Waals surface area contributed by atoms with Gasteiger partial charge in [0.15, 0.2) is 5.15 Å². The van der Waals surface area contributed by atoms with Crippen molar-refractivity contribution in [3.63, 3.8) is 0 Å². The van der Waals surface area contributed by atoms with Crippen molar-refractivity contribution in [3.05, 3.63) is 16.8 Å². The predicted molar refractivity (Wildman–Crippen MR) is 46.9 cm³/mol. The molecular formula is C8H10ClNO3. The predicted octanol–water partition coefficient (Wildman–Crippen LogP) is 2.08. The topological polar surface area (TPSA) is 63.3 Å². The summed E-state index contributed by atoms with van der Waals surface area (Å²) < 4.78 is 5.16. The molecule has 1 aromatic rings. The molecule has 0 saturated carbocycles. The fourth-order valence-corrected chi connectivity index (χ4v) is 1.27. The zero-order valence-electron chi connectivity index (χ0n) is 7.37. The van der Waals surface area contributed by atoms with Crippen LogP contribution in [-0.2, 0) is 11.2 Å². The van der Waals surface area contributed by atoms with Crippen molar-refractivity contribution in [2.24, 2.45) is 0 Å². The lowest BCUT2D eigenvalue weighted by atomic mass is 10.2. The summed E-state index contributed by atoms with van der Waals surface area (Å²) in [6.07, 6.45) is -0.230. The third-order valence-electron chi connectivity index (χ3n) is 1.48. The van der Waals surface area contributed by atoms with E-state index in [1.54, 1.807) is 0 Å². The summed E-state index contributed by atoms with van der Waals surface area (Å²) >= 11 is 5.73. The van der Waals surface area contributed by atoms with E-state index in [1.165, 1.54) is 0 Å². The summed E-state index contributed by atoms with van der Waals surface area (Å²) in [6.45, 7) is 3.80. The second kappa shape index (κ2) is 3.79. The van der Waals surface area contributed by atoms with Crippen LogP contribution in [0.3, 0.4) is 0 Å². The average molecular weight is 204 g/mol. The molecule has 0 unspecified atom stereocenters. The highest BCUT2D eigenvalue weighted by molar-refractivity contribution is 6.30. The van der Waals surface area contributed by atoms with E-state index in [-0.39, 0.29) is 23.4 Å². The average Bonchev–Trinajstić information content (AvgIpc) is 2.29. The molecule has 0 radical (unpaired) electrons. The van der Waals surface area contributed by atoms with Crippen LogP contribution < -0.4 is 0 Å². The fourth-order valence-electron chi connectivity index (χ4n) is 0.917. The van der Waals surface area contributed by atoms with Gasteiger partial charge >= 0.3 is 5.97 Å². The van der Waals surface area contributed by atoms with Crippen LogP contribution in [0.25, 0.3) is 0 Å². The van der Waals surface area contributed by atoms with Gasteiger partial charge in [-0.25, -0.2) is 4.98 Å². The summed E-state index contributed by atoms with van der Waals surface area (Å²) in [7, 11) is 0. The monoisotopic (exact) mass is 203 g/mol. The van der Waals surface area contributed by atoms with E-state index in [9.17, 15) is 4.79 Å². The molecule has 1 N–H and O–H groups in total. The van der Waals surface area contributed by atoms with Crippen LogP contribution in [-0.4, -0.2) is 16.1 Å². The highest BCUT2D eigenvalue weighted by Gasteiger charge is 2.15. The van der Waals surface area contributed by atoms with Crippen molar-refractivity contribution in [1.29, 1.82) is 0 Å². The Morgan fingerprint density at radius 1 is 1.69 bits per heavy atom. The molecule has 0 spiro atoms. The largest absolute Gasteiger partial charge is 0.481 e. The molecule has 0 saturated heterocycles. The molecule has 72 valence electrons. The van der Waals surface area contributed by atoms with Gasteiger partial charge in [-0.15, -0.1) is 0 Å². The Morgan fingerprint density at radius 3 is 2.69 bits per heavy atom. The molecule has 0 bridgehead atoms. The van der Waals surface area contributed by atoms with Crippen molar-refractivity contribution >= 4 is 17.6 Å². The third-order valence-corrected chi connectivity index (χ3v) is 1.75. The number of oxazole rings is 1. The van der Waals surface area contributed by atoms with E-state index in [0.29, 0.717) is 5.76 Å². The number of rotatable bonds is 3. The molecule has 1 aromatic heterocycles. The fraction of sp³-hybridized carbons (Fsp3) is 0.500. The molecule has 0 fully saturated rings. The molecule has 0 amide bonds. The molecule has 0 aliphatic carbocycles. The summed E-state index contributed by atoms with van der Waals surface area (Å²) in [4.78, 5) is 14.1. The van der Waals surface area contributed by atoms with Crippen LogP contribution in [0.1, 0.15) is 31.4 Å². The van der Waals surface area contributed by atoms with Crippen molar-refractivity contribution in [1.82, 2.24) is 4.98 Å². The lowest BCUT2D eigenvalue weighted by Crippen LogP contribution is -1.99. The number of carboxylic acid groups (broad SMARTS) is 1. The zero-order chi connectivity index (χ0) is 10.0. The molecule has 1 heterocycles. The van der Waals surface area contributed by atoms with Gasteiger partial charge < -0.3 is 9.52 Å². The molecule has 4 nitrogen and oxygen atoms in total. The normalized spacial score (nSPS) is 10.8. The van der Waals surface area contributed by atoms with Crippen LogP contribution in [0.4, 0.5) is 0 Å². The van der Waals surface area contributed by atoms with Gasteiger partial charge in [0.05, 0.1) is 0 Å². The van der Waals surface area contributed by atoms with Gasteiger partial charge in [-0.2, -0.15) is 0 Å². The van der Waals surface area contributed by atoms with E-state index in [0.717, 1.165) is 0 Å². The number of hydrogen-bond acceptors (Lipinski definition) is 3. The Hall–Kier alpha value is -1.03. The van der Waals surface area contributed by atoms with E-state index >= 15 is 0 Å². The van der Waals surface area contributed by atoms with Crippen LogP contribution in [0.15, 0.2) is 4.42 Å². The first kappa shape index (κ1) is 10.1. The Labute approximate surface area is 80.5 Å². The molecule has 13 heavy (non-hydrogen) atoms. The van der Waals surface area contributed by atoms with Gasteiger partial charge in [0.2, 0.25) is 5.89 Å². The van der Waals surface area contributed by atoms with Gasteiger partial charge in [-0.05, 0) is 0 Å². The quantitative estimate of drug-likeness (QED) is 0.817. The zero-order valence-corrected chi connectivity index (χ0v) is 8.13. The number of aliphatic carboxylic acids is 1. The lowest BCUT2D eigenvalue weighted by Gasteiger charge is -1.97. The number of nitrogens with zero attached hydrogens (tertiary/aromatic N) is 1. The molecule has 0 aromatic carbocycles.